The minimum atomic E-state index is -0.500. The highest BCUT2D eigenvalue weighted by atomic mass is 32.1. The number of carbonyl (C=O) groups is 1. The maximum absolute atomic E-state index is 13.0. The Balaban J connectivity index is 1.29. The van der Waals surface area contributed by atoms with E-state index in [1.165, 1.54) is 0 Å². The molecular formula is C29H28N2O3S. The number of para-hydroxylation sites is 1. The molecule has 2 heterocycles. The molecule has 1 amide bonds. The maximum atomic E-state index is 13.0. The van der Waals surface area contributed by atoms with Crippen LogP contribution in [0.2, 0.25) is 0 Å². The van der Waals surface area contributed by atoms with Gasteiger partial charge in [-0.1, -0.05) is 48.5 Å². The van der Waals surface area contributed by atoms with E-state index in [-0.39, 0.29) is 5.91 Å². The molecule has 3 aromatic carbocycles. The average molecular weight is 485 g/mol. The van der Waals surface area contributed by atoms with Crippen molar-refractivity contribution in [1.29, 1.82) is 0 Å². The van der Waals surface area contributed by atoms with E-state index in [1.807, 2.05) is 72.5 Å². The number of amides is 1. The molecule has 6 heteroatoms. The summed E-state index contributed by atoms with van der Waals surface area (Å²) in [6.45, 7) is 5.09. The van der Waals surface area contributed by atoms with Gasteiger partial charge in [0.1, 0.15) is 16.5 Å². The van der Waals surface area contributed by atoms with Gasteiger partial charge in [-0.2, -0.15) is 0 Å². The van der Waals surface area contributed by atoms with Crippen LogP contribution in [0.25, 0.3) is 21.8 Å². The van der Waals surface area contributed by atoms with E-state index >= 15 is 0 Å². The Morgan fingerprint density at radius 1 is 1.00 bits per heavy atom. The number of hydrogen-bond donors (Lipinski definition) is 0. The summed E-state index contributed by atoms with van der Waals surface area (Å²) in [7, 11) is 0. The molecule has 178 valence electrons. The molecule has 4 aromatic rings. The number of ether oxygens (including phenoxy) is 2. The molecule has 0 radical (unpaired) electrons. The fourth-order valence-corrected chi connectivity index (χ4v) is 5.02. The van der Waals surface area contributed by atoms with Gasteiger partial charge in [0.15, 0.2) is 6.10 Å². The molecule has 35 heavy (non-hydrogen) atoms. The van der Waals surface area contributed by atoms with E-state index in [1.54, 1.807) is 18.3 Å². The molecule has 5 nitrogen and oxygen atoms in total. The third kappa shape index (κ3) is 5.08. The van der Waals surface area contributed by atoms with Gasteiger partial charge in [-0.05, 0) is 56.5 Å². The van der Waals surface area contributed by atoms with Crippen molar-refractivity contribution in [3.05, 3.63) is 83.7 Å². The van der Waals surface area contributed by atoms with Gasteiger partial charge >= 0.3 is 0 Å². The highest BCUT2D eigenvalue weighted by Gasteiger charge is 2.31. The molecule has 0 bridgehead atoms. The molecule has 1 unspecified atom stereocenters. The van der Waals surface area contributed by atoms with Crippen molar-refractivity contribution in [3.63, 3.8) is 0 Å². The molecule has 0 aliphatic carbocycles. The zero-order chi connectivity index (χ0) is 24.2. The van der Waals surface area contributed by atoms with Gasteiger partial charge in [0.05, 0.1) is 18.0 Å². The van der Waals surface area contributed by atoms with Crippen LogP contribution in [0.5, 0.6) is 11.5 Å². The Bertz CT molecular complexity index is 1320. The maximum Gasteiger partial charge on any atom is 0.267 e. The smallest absolute Gasteiger partial charge is 0.267 e. The van der Waals surface area contributed by atoms with E-state index in [4.69, 9.17) is 14.5 Å². The average Bonchev–Trinajstić information content (AvgIpc) is 3.38. The van der Waals surface area contributed by atoms with Crippen molar-refractivity contribution in [2.24, 2.45) is 0 Å². The van der Waals surface area contributed by atoms with Crippen molar-refractivity contribution in [3.8, 4) is 33.3 Å². The zero-order valence-electron chi connectivity index (χ0n) is 19.9. The van der Waals surface area contributed by atoms with Crippen LogP contribution in [-0.2, 0) is 4.79 Å². The molecule has 0 spiro atoms. The van der Waals surface area contributed by atoms with Gasteiger partial charge in [0, 0.05) is 23.1 Å². The van der Waals surface area contributed by atoms with Gasteiger partial charge in [0.2, 0.25) is 0 Å². The Morgan fingerprint density at radius 3 is 2.63 bits per heavy atom. The number of hydrogen-bond acceptors (Lipinski definition) is 5. The molecule has 0 fully saturated rings. The first kappa shape index (κ1) is 23.1. The molecule has 1 aliphatic rings. The number of unbranched alkanes of at least 4 members (excludes halogenated alkanes) is 1. The van der Waals surface area contributed by atoms with Crippen LogP contribution in [0.1, 0.15) is 25.3 Å². The summed E-state index contributed by atoms with van der Waals surface area (Å²) < 4.78 is 11.8. The van der Waals surface area contributed by atoms with Crippen molar-refractivity contribution < 1.29 is 14.3 Å². The minimum absolute atomic E-state index is 0.0160. The molecule has 0 saturated carbocycles. The van der Waals surface area contributed by atoms with Crippen LogP contribution >= 0.6 is 11.3 Å². The van der Waals surface area contributed by atoms with E-state index in [0.717, 1.165) is 57.4 Å². The fourth-order valence-electron chi connectivity index (χ4n) is 4.19. The monoisotopic (exact) mass is 484 g/mol. The number of carbonyl (C=O) groups excluding carboxylic acids is 1. The summed E-state index contributed by atoms with van der Waals surface area (Å²) in [5, 5.41) is 3.04. The Kier molecular flexibility index (Phi) is 6.82. The summed E-state index contributed by atoms with van der Waals surface area (Å²) in [6.07, 6.45) is 1.19. The standard InChI is InChI=1S/C29H28N2O3S/c1-20-10-6-7-13-26(20)33-17-9-8-16-31-25-18-23(14-15-27(25)34-21(2)29(31)32)24-19-35-28(30-24)22-11-4-3-5-12-22/h3-7,10-15,18-19,21H,8-9,16-17H2,1-2H3. The third-order valence-corrected chi connectivity index (χ3v) is 7.01. The fraction of sp³-hybridized carbons (Fsp3) is 0.241. The van der Waals surface area contributed by atoms with E-state index in [0.29, 0.717) is 13.2 Å². The largest absolute Gasteiger partial charge is 0.493 e. The number of thiazole rings is 1. The van der Waals surface area contributed by atoms with Gasteiger partial charge < -0.3 is 14.4 Å². The Morgan fingerprint density at radius 2 is 1.80 bits per heavy atom. The van der Waals surface area contributed by atoms with Crippen molar-refractivity contribution in [1.82, 2.24) is 4.98 Å². The predicted octanol–water partition coefficient (Wildman–Crippen LogP) is 6.76. The number of nitrogens with zero attached hydrogens (tertiary/aromatic N) is 2. The first-order chi connectivity index (χ1) is 17.1. The lowest BCUT2D eigenvalue weighted by Gasteiger charge is -2.33. The van der Waals surface area contributed by atoms with Gasteiger partial charge in [-0.25, -0.2) is 4.98 Å². The van der Waals surface area contributed by atoms with Gasteiger partial charge in [-0.15, -0.1) is 11.3 Å². The van der Waals surface area contributed by atoms with E-state index in [2.05, 4.69) is 17.5 Å². The van der Waals surface area contributed by atoms with E-state index < -0.39 is 6.10 Å². The second-order valence-corrected chi connectivity index (χ2v) is 9.52. The summed E-state index contributed by atoms with van der Waals surface area (Å²) >= 11 is 1.62. The first-order valence-electron chi connectivity index (χ1n) is 11.9. The number of fused-ring (bicyclic) bond motifs is 1. The lowest BCUT2D eigenvalue weighted by molar-refractivity contribution is -0.125. The van der Waals surface area contributed by atoms with Gasteiger partial charge in [-0.3, -0.25) is 4.79 Å². The molecular weight excluding hydrogens is 456 g/mol. The van der Waals surface area contributed by atoms with Crippen LogP contribution < -0.4 is 14.4 Å². The molecule has 1 aliphatic heterocycles. The molecule has 0 saturated heterocycles. The number of aromatic nitrogens is 1. The molecule has 1 aromatic heterocycles. The SMILES string of the molecule is Cc1ccccc1OCCCCN1C(=O)C(C)Oc2ccc(-c3csc(-c4ccccc4)n3)cc21. The number of aryl methyl sites for hydroxylation is 1. The third-order valence-electron chi connectivity index (χ3n) is 6.12. The topological polar surface area (TPSA) is 51.7 Å². The lowest BCUT2D eigenvalue weighted by atomic mass is 10.1. The highest BCUT2D eigenvalue weighted by Crippen LogP contribution is 2.38. The number of rotatable bonds is 8. The van der Waals surface area contributed by atoms with Crippen molar-refractivity contribution >= 4 is 22.9 Å². The summed E-state index contributed by atoms with van der Waals surface area (Å²) in [5.74, 6) is 1.63. The molecule has 1 atom stereocenters. The minimum Gasteiger partial charge on any atom is -0.493 e. The van der Waals surface area contributed by atoms with Crippen LogP contribution in [0.3, 0.4) is 0 Å². The highest BCUT2D eigenvalue weighted by molar-refractivity contribution is 7.13. The van der Waals surface area contributed by atoms with Crippen LogP contribution in [0.15, 0.2) is 78.2 Å². The summed E-state index contributed by atoms with van der Waals surface area (Å²) in [6, 6.07) is 24.2. The second-order valence-electron chi connectivity index (χ2n) is 8.66. The van der Waals surface area contributed by atoms with Crippen molar-refractivity contribution in [2.75, 3.05) is 18.1 Å². The zero-order valence-corrected chi connectivity index (χ0v) is 20.8. The normalized spacial score (nSPS) is 15.0. The van der Waals surface area contributed by atoms with Crippen LogP contribution in [0, 0.1) is 6.92 Å². The molecule has 5 rings (SSSR count). The quantitative estimate of drug-likeness (QED) is 0.259. The second kappa shape index (κ2) is 10.3. The predicted molar refractivity (Wildman–Crippen MR) is 141 cm³/mol. The lowest BCUT2D eigenvalue weighted by Crippen LogP contribution is -2.45. The van der Waals surface area contributed by atoms with Crippen LogP contribution in [-0.4, -0.2) is 30.1 Å². The van der Waals surface area contributed by atoms with Crippen LogP contribution in [0.4, 0.5) is 5.69 Å². The van der Waals surface area contributed by atoms with Crippen molar-refractivity contribution in [2.45, 2.75) is 32.8 Å². The van der Waals surface area contributed by atoms with E-state index in [9.17, 15) is 4.79 Å². The summed E-state index contributed by atoms with van der Waals surface area (Å²) in [4.78, 5) is 19.7. The first-order valence-corrected chi connectivity index (χ1v) is 12.8. The number of anilines is 1. The van der Waals surface area contributed by atoms with Gasteiger partial charge in [0.25, 0.3) is 5.91 Å². The summed E-state index contributed by atoms with van der Waals surface area (Å²) in [5.41, 5.74) is 4.90. The number of benzene rings is 3. The Hall–Kier alpha value is -3.64. The molecule has 0 N–H and O–H groups in total. The Labute approximate surface area is 210 Å².